The first-order valence-corrected chi connectivity index (χ1v) is 26.2. The maximum atomic E-state index is 13.2. The summed E-state index contributed by atoms with van der Waals surface area (Å²) in [6.07, 6.45) is -2.16. The van der Waals surface area contributed by atoms with Crippen LogP contribution in [0.5, 0.6) is 34.5 Å². The first-order valence-electron chi connectivity index (χ1n) is 25.1. The van der Waals surface area contributed by atoms with E-state index < -0.39 is 49.5 Å². The topological polar surface area (TPSA) is 189 Å². The van der Waals surface area contributed by atoms with E-state index in [1.54, 1.807) is 97.1 Å². The third kappa shape index (κ3) is 28.5. The van der Waals surface area contributed by atoms with Crippen LogP contribution in [0.3, 0.4) is 0 Å². The van der Waals surface area contributed by atoms with Crippen molar-refractivity contribution >= 4 is 33.8 Å². The Kier molecular flexibility index (Phi) is 33.7. The number of nitrogens with two attached hydrogens (primary N) is 3. The first kappa shape index (κ1) is 74.4. The maximum Gasteiger partial charge on any atom is 0.387 e. The van der Waals surface area contributed by atoms with E-state index in [4.69, 9.17) is 26.7 Å². The van der Waals surface area contributed by atoms with Crippen LogP contribution in [0.4, 0.5) is 52.7 Å². The zero-order valence-electron chi connectivity index (χ0n) is 45.9. The van der Waals surface area contributed by atoms with Crippen molar-refractivity contribution in [2.75, 3.05) is 32.6 Å². The number of phenols is 1. The molecule has 1 amide bonds. The molecular formula is C62H59BrF12N6O7. The van der Waals surface area contributed by atoms with E-state index >= 15 is 0 Å². The Bertz CT molecular complexity index is 3380. The third-order valence-electron chi connectivity index (χ3n) is 10.6. The van der Waals surface area contributed by atoms with Crippen molar-refractivity contribution in [2.45, 2.75) is 52.1 Å². The molecule has 0 bridgehead atoms. The molecule has 0 fully saturated rings. The highest BCUT2D eigenvalue weighted by atomic mass is 79.9. The largest absolute Gasteiger partial charge is 0.508 e. The van der Waals surface area contributed by atoms with Gasteiger partial charge < -0.3 is 46.0 Å². The van der Waals surface area contributed by atoms with Crippen LogP contribution in [0, 0.1) is 23.7 Å². The molecule has 26 heteroatoms. The summed E-state index contributed by atoms with van der Waals surface area (Å²) in [6, 6.07) is 37.4. The second-order valence-corrected chi connectivity index (χ2v) is 17.5. The smallest absolute Gasteiger partial charge is 0.387 e. The summed E-state index contributed by atoms with van der Waals surface area (Å²) < 4.78 is 167. The van der Waals surface area contributed by atoms with Gasteiger partial charge in [-0.1, -0.05) is 83.4 Å². The predicted octanol–water partition coefficient (Wildman–Crippen LogP) is 14.6. The van der Waals surface area contributed by atoms with E-state index in [0.29, 0.717) is 56.6 Å². The van der Waals surface area contributed by atoms with Crippen LogP contribution < -0.4 is 40.9 Å². The van der Waals surface area contributed by atoms with Crippen LogP contribution in [0.15, 0.2) is 192 Å². The number of aliphatic imine (C=N–C) groups is 2. The number of allylic oxidation sites excluding steroid dienone is 1. The van der Waals surface area contributed by atoms with Gasteiger partial charge in [-0.15, -0.1) is 0 Å². The molecule has 0 radical (unpaired) electrons. The maximum absolute atomic E-state index is 13.2. The fraction of sp³-hybridized carbons (Fsp3) is 0.210. The van der Waals surface area contributed by atoms with Crippen molar-refractivity contribution in [3.63, 3.8) is 0 Å². The molecule has 6 aromatic carbocycles. The lowest BCUT2D eigenvalue weighted by molar-refractivity contribution is -0.129. The predicted molar refractivity (Wildman–Crippen MR) is 315 cm³/mol. The van der Waals surface area contributed by atoms with Gasteiger partial charge in [-0.25, -0.2) is 4.99 Å². The molecule has 0 aliphatic carbocycles. The van der Waals surface area contributed by atoms with E-state index in [0.717, 1.165) is 18.2 Å². The number of rotatable bonds is 18. The molecule has 0 saturated heterocycles. The van der Waals surface area contributed by atoms with Gasteiger partial charge in [0.25, 0.3) is 24.1 Å². The first-order chi connectivity index (χ1) is 41.4. The number of ether oxygens (including phenoxy) is 5. The number of likely N-dealkylation sites (N-methyl/N-ethyl adjacent to an activating group) is 1. The van der Waals surface area contributed by atoms with Crippen LogP contribution in [0.25, 0.3) is 0 Å². The van der Waals surface area contributed by atoms with Gasteiger partial charge in [-0.05, 0) is 145 Å². The molecule has 0 spiro atoms. The summed E-state index contributed by atoms with van der Waals surface area (Å²) in [4.78, 5) is 22.1. The monoisotopic (exact) mass is 1310 g/mol. The van der Waals surface area contributed by atoms with Crippen molar-refractivity contribution in [3.05, 3.63) is 215 Å². The van der Waals surface area contributed by atoms with Gasteiger partial charge in [0.2, 0.25) is 0 Å². The van der Waals surface area contributed by atoms with Gasteiger partial charge in [0.1, 0.15) is 34.5 Å². The lowest BCUT2D eigenvalue weighted by Crippen LogP contribution is -2.41. The van der Waals surface area contributed by atoms with Crippen LogP contribution in [-0.4, -0.2) is 80.3 Å². The van der Waals surface area contributed by atoms with Crippen LogP contribution in [0.2, 0.25) is 0 Å². The van der Waals surface area contributed by atoms with Gasteiger partial charge in [0.05, 0.1) is 13.2 Å². The fourth-order valence-corrected chi connectivity index (χ4v) is 6.93. The Morgan fingerprint density at radius 2 is 0.966 bits per heavy atom. The Balaban J connectivity index is 0.000000416. The summed E-state index contributed by atoms with van der Waals surface area (Å²) in [6.45, 7) is -8.53. The molecule has 1 aliphatic heterocycles. The van der Waals surface area contributed by atoms with E-state index in [9.17, 15) is 62.6 Å². The molecule has 470 valence electrons. The zero-order chi connectivity index (χ0) is 64.3. The zero-order valence-corrected chi connectivity index (χ0v) is 47.5. The summed E-state index contributed by atoms with van der Waals surface area (Å²) in [7, 11) is 3.00. The molecule has 13 nitrogen and oxygen atoms in total. The van der Waals surface area contributed by atoms with Crippen molar-refractivity contribution in [1.82, 2.24) is 4.90 Å². The molecule has 6 aromatic rings. The Labute approximate surface area is 508 Å². The average Bonchev–Trinajstić information content (AvgIpc) is 1.60. The van der Waals surface area contributed by atoms with Crippen LogP contribution in [-0.2, 0) is 10.3 Å². The molecule has 0 aromatic heterocycles. The van der Waals surface area contributed by atoms with E-state index in [1.165, 1.54) is 67.5 Å². The highest BCUT2D eigenvalue weighted by Gasteiger charge is 2.49. The molecular weight excluding hydrogens is 1250 g/mol. The number of hydrogen-bond donors (Lipinski definition) is 4. The quantitative estimate of drug-likeness (QED) is 0.0161. The number of hydrogen-bond acceptors (Lipinski definition) is 10. The lowest BCUT2D eigenvalue weighted by atomic mass is 9.82. The molecule has 0 saturated carbocycles. The molecule has 1 heterocycles. The van der Waals surface area contributed by atoms with Crippen LogP contribution >= 0.6 is 15.9 Å². The number of nitrogens with zero attached hydrogens (tertiary/aromatic N) is 3. The second kappa shape index (κ2) is 39.8. The van der Waals surface area contributed by atoms with Crippen molar-refractivity contribution in [2.24, 2.45) is 27.2 Å². The van der Waals surface area contributed by atoms with E-state index in [-0.39, 0.29) is 68.4 Å². The number of phenolic OH excluding ortho intramolecular Hbond substituents is 1. The van der Waals surface area contributed by atoms with Crippen molar-refractivity contribution < 1.29 is 86.3 Å². The number of guanidine groups is 2. The highest BCUT2D eigenvalue weighted by molar-refractivity contribution is 9.09. The Hall–Kier alpha value is -9.69. The van der Waals surface area contributed by atoms with E-state index in [2.05, 4.69) is 63.8 Å². The normalized spacial score (nSPS) is 12.4. The second-order valence-electron chi connectivity index (χ2n) is 16.7. The molecule has 88 heavy (non-hydrogen) atoms. The third-order valence-corrected chi connectivity index (χ3v) is 11.0. The molecule has 7 rings (SSSR count). The summed E-state index contributed by atoms with van der Waals surface area (Å²) in [5.74, 6) is 12.3. The molecule has 1 aliphatic rings. The van der Waals surface area contributed by atoms with Crippen molar-refractivity contribution in [3.8, 4) is 58.2 Å². The number of amides is 1. The fourth-order valence-electron chi connectivity index (χ4n) is 6.70. The van der Waals surface area contributed by atoms with Gasteiger partial charge in [-0.2, -0.15) is 52.7 Å². The number of benzene rings is 6. The molecule has 1 atom stereocenters. The minimum atomic E-state index is -2.98. The van der Waals surface area contributed by atoms with Crippen LogP contribution in [0.1, 0.15) is 60.1 Å². The van der Waals surface area contributed by atoms with Gasteiger partial charge >= 0.3 is 19.8 Å². The van der Waals surface area contributed by atoms with Gasteiger partial charge in [-0.3, -0.25) is 14.7 Å². The van der Waals surface area contributed by atoms with Crippen molar-refractivity contribution in [1.29, 1.82) is 0 Å². The number of carbonyl (C=O) groups excluding carboxylic acids is 1. The number of alkyl halides is 7. The highest BCUT2D eigenvalue weighted by Crippen LogP contribution is 2.41. The number of carbonyl (C=O) groups is 1. The van der Waals surface area contributed by atoms with E-state index in [1.807, 2.05) is 0 Å². The SMILES string of the molecule is C.CN1C(=O)C(c2ccc(OC(F)F)cc2)(c2cccc(OCCC=C(F)F)c2)N=C1N.CN=C(N)N.FC(F)=CCCBr.FC(F)=CCCOc1cccc(C#Cc2ccc(OC(F)F)cc2)c1.Oc1cccc(C#Cc2ccc(OC(F)F)cc2)c1. The summed E-state index contributed by atoms with van der Waals surface area (Å²) in [5.41, 5.74) is 17.4. The van der Waals surface area contributed by atoms with Gasteiger partial charge in [0.15, 0.2) is 17.5 Å². The standard InChI is InChI=1S/C21H19F4N3O3.C19H14F4O2.C15H10F2O2.C4H5BrF2.C2H7N3.CH4/c1-28-18(29)21(27-20(28)26,13-7-9-15(10-8-13)31-19(24)25)14-4-2-5-16(12-14)30-11-3-6-17(22)23;20-18(21)5-2-12-24-17-4-1-3-15(13-17)7-6-14-8-10-16(11-9-14)25-19(22)23;16-15(17)19-14-8-6-11(7-9-14)4-5-12-2-1-3-13(18)10-12;5-3-1-2-4(6)7;1-5-2(3)4;/h2,4-10,12,19H,3,11H2,1H3,(H2,26,27);1,3-5,8-11,13,19H,2,12H2;1-3,6-10,15,18H;2H,1,3H2;1H3,(H4,3,4,5);1H4. The molecule has 7 N–H and O–H groups in total. The lowest BCUT2D eigenvalue weighted by Gasteiger charge is -2.26. The number of halogens is 13. The summed E-state index contributed by atoms with van der Waals surface area (Å²) >= 11 is 3.00. The molecule has 1 unspecified atom stereocenters. The minimum Gasteiger partial charge on any atom is -0.508 e. The van der Waals surface area contributed by atoms with Gasteiger partial charge in [0, 0.05) is 54.5 Å². The average molecular weight is 1310 g/mol. The number of aromatic hydroxyl groups is 1. The Morgan fingerprint density at radius 3 is 1.34 bits per heavy atom. The summed E-state index contributed by atoms with van der Waals surface area (Å²) in [5, 5.41) is 9.88. The minimum absolute atomic E-state index is 0. The Morgan fingerprint density at radius 1 is 0.580 bits per heavy atom.